The van der Waals surface area contributed by atoms with Gasteiger partial charge in [-0.3, -0.25) is 9.80 Å². The Kier molecular flexibility index (Phi) is 9.54. The van der Waals surface area contributed by atoms with E-state index in [1.807, 2.05) is 19.9 Å². The monoisotopic (exact) mass is 529 g/mol. The Labute approximate surface area is 201 Å². The SMILES string of the molecule is Cc1noc(C)c1CN1CC2CC(C1)N(Cc1ccco1)C2.O=C(O)C(F)(F)F.O=C(O)C(F)(F)F. The quantitative estimate of drug-likeness (QED) is 0.569. The van der Waals surface area contributed by atoms with Crippen LogP contribution in [0.15, 0.2) is 27.3 Å². The lowest BCUT2D eigenvalue weighted by molar-refractivity contribution is -0.193. The van der Waals surface area contributed by atoms with Crippen LogP contribution in [0.25, 0.3) is 0 Å². The summed E-state index contributed by atoms with van der Waals surface area (Å²) in [7, 11) is 0. The first-order chi connectivity index (χ1) is 16.6. The zero-order valence-corrected chi connectivity index (χ0v) is 19.3. The van der Waals surface area contributed by atoms with Crippen LogP contribution < -0.4 is 0 Å². The zero-order chi connectivity index (χ0) is 27.3. The van der Waals surface area contributed by atoms with E-state index in [-0.39, 0.29) is 0 Å². The highest BCUT2D eigenvalue weighted by molar-refractivity contribution is 5.73. The van der Waals surface area contributed by atoms with Crippen molar-refractivity contribution in [2.45, 2.75) is 51.8 Å². The highest BCUT2D eigenvalue weighted by Crippen LogP contribution is 2.32. The van der Waals surface area contributed by atoms with Gasteiger partial charge < -0.3 is 19.2 Å². The Morgan fingerprint density at radius 2 is 1.61 bits per heavy atom. The lowest BCUT2D eigenvalue weighted by atomic mass is 9.99. The van der Waals surface area contributed by atoms with Crippen LogP contribution >= 0.6 is 0 Å². The molecular formula is C21H25F6N3O6. The number of hydrogen-bond donors (Lipinski definition) is 2. The molecule has 0 radical (unpaired) electrons. The smallest absolute Gasteiger partial charge is 0.475 e. The van der Waals surface area contributed by atoms with Crippen molar-refractivity contribution in [3.8, 4) is 0 Å². The lowest BCUT2D eigenvalue weighted by Gasteiger charge is -2.32. The van der Waals surface area contributed by atoms with Gasteiger partial charge >= 0.3 is 24.3 Å². The highest BCUT2D eigenvalue weighted by Gasteiger charge is 2.40. The minimum Gasteiger partial charge on any atom is -0.475 e. The van der Waals surface area contributed by atoms with Crippen LogP contribution in [0, 0.1) is 19.8 Å². The van der Waals surface area contributed by atoms with Crippen molar-refractivity contribution in [1.29, 1.82) is 0 Å². The van der Waals surface area contributed by atoms with Crippen molar-refractivity contribution in [2.24, 2.45) is 5.92 Å². The Bertz CT molecular complexity index is 961. The second kappa shape index (κ2) is 11.8. The summed E-state index contributed by atoms with van der Waals surface area (Å²) < 4.78 is 74.3. The first-order valence-corrected chi connectivity index (χ1v) is 10.6. The summed E-state index contributed by atoms with van der Waals surface area (Å²) >= 11 is 0. The van der Waals surface area contributed by atoms with Gasteiger partial charge in [0.2, 0.25) is 0 Å². The number of aromatic nitrogens is 1. The molecule has 2 aliphatic heterocycles. The number of rotatable bonds is 4. The van der Waals surface area contributed by atoms with Gasteiger partial charge in [-0.2, -0.15) is 26.3 Å². The summed E-state index contributed by atoms with van der Waals surface area (Å²) in [5.41, 5.74) is 2.29. The Morgan fingerprint density at radius 1 is 1.03 bits per heavy atom. The minimum atomic E-state index is -5.08. The van der Waals surface area contributed by atoms with Crippen LogP contribution in [-0.4, -0.2) is 75.1 Å². The number of carboxylic acids is 2. The van der Waals surface area contributed by atoms with E-state index >= 15 is 0 Å². The van der Waals surface area contributed by atoms with Crippen LogP contribution in [0.4, 0.5) is 26.3 Å². The van der Waals surface area contributed by atoms with E-state index in [0.717, 1.165) is 42.8 Å². The van der Waals surface area contributed by atoms with E-state index in [9.17, 15) is 26.3 Å². The maximum absolute atomic E-state index is 10.6. The van der Waals surface area contributed by atoms with Crippen LogP contribution in [0.1, 0.15) is 29.2 Å². The second-order valence-electron chi connectivity index (χ2n) is 8.37. The number of likely N-dealkylation sites (tertiary alicyclic amines) is 2. The number of alkyl halides is 6. The largest absolute Gasteiger partial charge is 0.490 e. The maximum Gasteiger partial charge on any atom is 0.490 e. The van der Waals surface area contributed by atoms with Gasteiger partial charge in [-0.05, 0) is 38.3 Å². The maximum atomic E-state index is 10.6. The normalized spacial score (nSPS) is 20.2. The molecule has 2 aromatic rings. The minimum absolute atomic E-state index is 0.643. The van der Waals surface area contributed by atoms with E-state index < -0.39 is 24.3 Å². The molecule has 2 aromatic heterocycles. The molecule has 2 bridgehead atoms. The Hall–Kier alpha value is -3.07. The van der Waals surface area contributed by atoms with Crippen molar-refractivity contribution in [1.82, 2.24) is 15.0 Å². The molecule has 0 spiro atoms. The van der Waals surface area contributed by atoms with Crippen LogP contribution in [-0.2, 0) is 22.7 Å². The van der Waals surface area contributed by atoms with E-state index in [0.29, 0.717) is 6.04 Å². The number of carboxylic acid groups (broad SMARTS) is 2. The summed E-state index contributed by atoms with van der Waals surface area (Å²) in [5, 5.41) is 18.3. The highest BCUT2D eigenvalue weighted by atomic mass is 19.4. The van der Waals surface area contributed by atoms with Crippen molar-refractivity contribution >= 4 is 11.9 Å². The Balaban J connectivity index is 0.000000271. The number of halogens is 6. The molecule has 0 amide bonds. The molecule has 2 atom stereocenters. The van der Waals surface area contributed by atoms with Gasteiger partial charge in [0.1, 0.15) is 11.5 Å². The number of carbonyl (C=O) groups is 2. The topological polar surface area (TPSA) is 120 Å². The van der Waals surface area contributed by atoms with E-state index in [2.05, 4.69) is 21.0 Å². The molecule has 36 heavy (non-hydrogen) atoms. The van der Waals surface area contributed by atoms with Crippen LogP contribution in [0.3, 0.4) is 0 Å². The van der Waals surface area contributed by atoms with E-state index in [4.69, 9.17) is 28.7 Å². The molecule has 2 N–H and O–H groups in total. The third-order valence-electron chi connectivity index (χ3n) is 5.59. The fraction of sp³-hybridized carbons (Fsp3) is 0.571. The van der Waals surface area contributed by atoms with Gasteiger partial charge in [0.05, 0.1) is 18.5 Å². The van der Waals surface area contributed by atoms with Gasteiger partial charge in [-0.25, -0.2) is 9.59 Å². The molecule has 4 heterocycles. The predicted octanol–water partition coefficient (Wildman–Crippen LogP) is 3.86. The lowest BCUT2D eigenvalue weighted by Crippen LogP contribution is -2.41. The summed E-state index contributed by atoms with van der Waals surface area (Å²) in [4.78, 5) is 22.9. The summed E-state index contributed by atoms with van der Waals surface area (Å²) in [6.07, 6.45) is -7.08. The first-order valence-electron chi connectivity index (χ1n) is 10.6. The number of aliphatic carboxylic acids is 2. The van der Waals surface area contributed by atoms with Gasteiger partial charge in [0, 0.05) is 37.8 Å². The molecule has 0 aromatic carbocycles. The molecule has 2 aliphatic rings. The Morgan fingerprint density at radius 3 is 2.06 bits per heavy atom. The molecule has 2 fully saturated rings. The van der Waals surface area contributed by atoms with Crippen molar-refractivity contribution < 1.29 is 55.1 Å². The van der Waals surface area contributed by atoms with Gasteiger partial charge in [0.25, 0.3) is 0 Å². The third-order valence-corrected chi connectivity index (χ3v) is 5.59. The number of fused-ring (bicyclic) bond motifs is 2. The van der Waals surface area contributed by atoms with Gasteiger partial charge in [-0.1, -0.05) is 5.16 Å². The molecule has 2 saturated heterocycles. The molecule has 0 saturated carbocycles. The molecule has 4 rings (SSSR count). The molecule has 9 nitrogen and oxygen atoms in total. The summed E-state index contributed by atoms with van der Waals surface area (Å²) in [6, 6.07) is 4.69. The number of furan rings is 1. The molecule has 2 unspecified atom stereocenters. The van der Waals surface area contributed by atoms with Crippen molar-refractivity contribution in [3.05, 3.63) is 41.2 Å². The zero-order valence-electron chi connectivity index (χ0n) is 19.3. The predicted molar refractivity (Wildman–Crippen MR) is 110 cm³/mol. The first kappa shape index (κ1) is 29.2. The fourth-order valence-electron chi connectivity index (χ4n) is 4.03. The number of piperidine rings is 1. The summed E-state index contributed by atoms with van der Waals surface area (Å²) in [6.45, 7) is 9.43. The standard InChI is InChI=1S/C17H23N3O2.2C2HF3O2/c1-12-17(13(2)22-18-12)11-19-7-14-6-15(9-19)20(8-14)10-16-4-3-5-21-16;2*3-2(4,5)1(6)7/h3-5,14-15H,6-11H2,1-2H3;2*(H,6,7). The van der Waals surface area contributed by atoms with Crippen molar-refractivity contribution in [2.75, 3.05) is 19.6 Å². The van der Waals surface area contributed by atoms with E-state index in [1.54, 1.807) is 6.26 Å². The molecule has 0 aliphatic carbocycles. The summed E-state index contributed by atoms with van der Waals surface area (Å²) in [5.74, 6) is -2.71. The van der Waals surface area contributed by atoms with Gasteiger partial charge in [-0.15, -0.1) is 0 Å². The fourth-order valence-corrected chi connectivity index (χ4v) is 4.03. The van der Waals surface area contributed by atoms with E-state index in [1.165, 1.54) is 25.1 Å². The molecule has 15 heteroatoms. The van der Waals surface area contributed by atoms with Crippen LogP contribution in [0.2, 0.25) is 0 Å². The average Bonchev–Trinajstić information content (AvgIpc) is 3.45. The average molecular weight is 529 g/mol. The molecular weight excluding hydrogens is 504 g/mol. The van der Waals surface area contributed by atoms with Crippen molar-refractivity contribution in [3.63, 3.8) is 0 Å². The third kappa shape index (κ3) is 8.55. The van der Waals surface area contributed by atoms with Gasteiger partial charge in [0.15, 0.2) is 0 Å². The molecule has 202 valence electrons. The number of nitrogens with zero attached hydrogens (tertiary/aromatic N) is 3. The second-order valence-corrected chi connectivity index (χ2v) is 8.37. The number of hydrogen-bond acceptors (Lipinski definition) is 7. The number of aryl methyl sites for hydroxylation is 2. The van der Waals surface area contributed by atoms with Crippen LogP contribution in [0.5, 0.6) is 0 Å².